The van der Waals surface area contributed by atoms with E-state index in [1.54, 1.807) is 0 Å². The second-order valence-electron chi connectivity index (χ2n) is 13.7. The summed E-state index contributed by atoms with van der Waals surface area (Å²) in [5, 5.41) is 2.78. The molecule has 0 radical (unpaired) electrons. The van der Waals surface area contributed by atoms with Crippen molar-refractivity contribution in [1.82, 2.24) is 29.1 Å². The highest BCUT2D eigenvalue weighted by Gasteiger charge is 2.27. The highest BCUT2D eigenvalue weighted by Crippen LogP contribution is 2.32. The fraction of sp³-hybridized carbons (Fsp3) is 0.200. The average Bonchev–Trinajstić information content (AvgIpc) is 3.60. The van der Waals surface area contributed by atoms with Gasteiger partial charge >= 0.3 is 0 Å². The zero-order valence-corrected chi connectivity index (χ0v) is 28.7. The van der Waals surface area contributed by atoms with Gasteiger partial charge in [0.05, 0.1) is 22.1 Å². The van der Waals surface area contributed by atoms with Crippen molar-refractivity contribution in [2.75, 3.05) is 0 Å². The van der Waals surface area contributed by atoms with Crippen molar-refractivity contribution in [2.45, 2.75) is 52.6 Å². The molecule has 6 aromatic heterocycles. The van der Waals surface area contributed by atoms with Gasteiger partial charge in [-0.2, -0.15) is 0 Å². The van der Waals surface area contributed by atoms with Gasteiger partial charge in [-0.1, -0.05) is 75.4 Å². The standard InChI is InChI=1S/C40H38N6Si/c1-25(2)27-21-35-39(43-23-27)37-33(9-7-19-41-37)45(35)29-11-15-31(16-12-29)47(5,6)32-17-13-30(14-18-32)46-34-10-8-20-42-38(34)40-36(46)22-28(24-44-40)26(3)4/h7-26H,1-6H3. The minimum Gasteiger partial charge on any atom is -0.306 e. The van der Waals surface area contributed by atoms with E-state index >= 15 is 0 Å². The third-order valence-electron chi connectivity index (χ3n) is 9.79. The first-order valence-electron chi connectivity index (χ1n) is 16.4. The van der Waals surface area contributed by atoms with Crippen LogP contribution in [0.4, 0.5) is 0 Å². The molecule has 0 bridgehead atoms. The van der Waals surface area contributed by atoms with Crippen molar-refractivity contribution in [3.05, 3.63) is 121 Å². The van der Waals surface area contributed by atoms with Gasteiger partial charge in [0, 0.05) is 36.2 Å². The highest BCUT2D eigenvalue weighted by atomic mass is 28.3. The monoisotopic (exact) mass is 630 g/mol. The van der Waals surface area contributed by atoms with E-state index in [-0.39, 0.29) is 0 Å². The van der Waals surface area contributed by atoms with Crippen LogP contribution in [0.5, 0.6) is 0 Å². The molecule has 0 fully saturated rings. The predicted molar refractivity (Wildman–Crippen MR) is 198 cm³/mol. The van der Waals surface area contributed by atoms with Crippen molar-refractivity contribution in [2.24, 2.45) is 0 Å². The number of benzene rings is 2. The van der Waals surface area contributed by atoms with Gasteiger partial charge in [0.2, 0.25) is 0 Å². The maximum absolute atomic E-state index is 4.86. The average molecular weight is 631 g/mol. The zero-order chi connectivity index (χ0) is 32.4. The summed E-state index contributed by atoms with van der Waals surface area (Å²) in [6.45, 7) is 13.7. The van der Waals surface area contributed by atoms with Gasteiger partial charge in [-0.3, -0.25) is 19.9 Å². The van der Waals surface area contributed by atoms with Crippen LogP contribution in [-0.4, -0.2) is 37.1 Å². The molecule has 0 unspecified atom stereocenters. The van der Waals surface area contributed by atoms with E-state index in [2.05, 4.69) is 123 Å². The molecule has 0 amide bonds. The molecule has 0 saturated heterocycles. The van der Waals surface area contributed by atoms with Crippen LogP contribution in [0.2, 0.25) is 13.1 Å². The summed E-state index contributed by atoms with van der Waals surface area (Å²) in [4.78, 5) is 19.1. The second kappa shape index (κ2) is 11.0. The number of hydrogen-bond acceptors (Lipinski definition) is 4. The molecule has 0 spiro atoms. The van der Waals surface area contributed by atoms with E-state index < -0.39 is 8.07 Å². The molecule has 8 rings (SSSR count). The number of nitrogens with zero attached hydrogens (tertiary/aromatic N) is 6. The largest absolute Gasteiger partial charge is 0.306 e. The maximum atomic E-state index is 4.86. The topological polar surface area (TPSA) is 61.4 Å². The van der Waals surface area contributed by atoms with Gasteiger partial charge in [0.15, 0.2) is 0 Å². The normalized spacial score (nSPS) is 12.4. The fourth-order valence-corrected chi connectivity index (χ4v) is 9.16. The number of pyridine rings is 4. The van der Waals surface area contributed by atoms with E-state index in [0.29, 0.717) is 11.8 Å². The van der Waals surface area contributed by atoms with Crippen LogP contribution in [0.3, 0.4) is 0 Å². The number of fused-ring (bicyclic) bond motifs is 6. The van der Waals surface area contributed by atoms with Crippen LogP contribution in [0.1, 0.15) is 50.7 Å². The van der Waals surface area contributed by atoms with Gasteiger partial charge in [0.25, 0.3) is 0 Å². The molecule has 0 N–H and O–H groups in total. The smallest absolute Gasteiger partial charge is 0.115 e. The van der Waals surface area contributed by atoms with Crippen LogP contribution >= 0.6 is 0 Å². The lowest BCUT2D eigenvalue weighted by Gasteiger charge is -2.24. The Morgan fingerprint density at radius 1 is 0.489 bits per heavy atom. The Balaban J connectivity index is 1.17. The summed E-state index contributed by atoms with van der Waals surface area (Å²) in [6.07, 6.45) is 7.69. The Labute approximate surface area is 275 Å². The molecule has 0 atom stereocenters. The molecule has 8 aromatic rings. The summed E-state index contributed by atoms with van der Waals surface area (Å²) >= 11 is 0. The lowest BCUT2D eigenvalue weighted by molar-refractivity contribution is 0.861. The van der Waals surface area contributed by atoms with Gasteiger partial charge in [-0.15, -0.1) is 0 Å². The lowest BCUT2D eigenvalue weighted by atomic mass is 10.1. The first-order chi connectivity index (χ1) is 22.7. The Kier molecular flexibility index (Phi) is 6.84. The fourth-order valence-electron chi connectivity index (χ4n) is 6.83. The van der Waals surface area contributed by atoms with E-state index in [0.717, 1.165) is 55.5 Å². The lowest BCUT2D eigenvalue weighted by Crippen LogP contribution is -2.52. The summed E-state index contributed by atoms with van der Waals surface area (Å²) in [5.41, 5.74) is 12.8. The number of hydrogen-bond donors (Lipinski definition) is 0. The van der Waals surface area contributed by atoms with Crippen LogP contribution in [0.25, 0.3) is 55.5 Å². The van der Waals surface area contributed by atoms with E-state index in [4.69, 9.17) is 19.9 Å². The van der Waals surface area contributed by atoms with E-state index in [1.165, 1.54) is 21.5 Å². The molecule has 47 heavy (non-hydrogen) atoms. The Bertz CT molecular complexity index is 2260. The number of aromatic nitrogens is 6. The van der Waals surface area contributed by atoms with Crippen LogP contribution in [-0.2, 0) is 0 Å². The first kappa shape index (κ1) is 29.3. The Hall–Kier alpha value is -5.14. The van der Waals surface area contributed by atoms with E-state index in [9.17, 15) is 0 Å². The molecule has 0 saturated carbocycles. The Morgan fingerprint density at radius 2 is 0.872 bits per heavy atom. The predicted octanol–water partition coefficient (Wildman–Crippen LogP) is 8.53. The molecule has 6 nitrogen and oxygen atoms in total. The van der Waals surface area contributed by atoms with Crippen molar-refractivity contribution in [1.29, 1.82) is 0 Å². The molecule has 2 aromatic carbocycles. The third-order valence-corrected chi connectivity index (χ3v) is 13.3. The van der Waals surface area contributed by atoms with Crippen LogP contribution in [0, 0.1) is 0 Å². The molecule has 6 heterocycles. The van der Waals surface area contributed by atoms with Crippen LogP contribution < -0.4 is 10.4 Å². The minimum absolute atomic E-state index is 0.396. The molecule has 7 heteroatoms. The summed E-state index contributed by atoms with van der Waals surface area (Å²) in [5.74, 6) is 0.792. The quantitative estimate of drug-likeness (QED) is 0.173. The molecule has 0 aliphatic carbocycles. The second-order valence-corrected chi connectivity index (χ2v) is 18.1. The molecule has 232 valence electrons. The molecular weight excluding hydrogens is 593 g/mol. The third kappa shape index (κ3) is 4.68. The highest BCUT2D eigenvalue weighted by molar-refractivity contribution is 7.00. The summed E-state index contributed by atoms with van der Waals surface area (Å²) in [7, 11) is -2.00. The molecular formula is C40H38N6Si. The van der Waals surface area contributed by atoms with Crippen molar-refractivity contribution >= 4 is 62.6 Å². The summed E-state index contributed by atoms with van der Waals surface area (Å²) in [6, 6.07) is 31.2. The van der Waals surface area contributed by atoms with Crippen molar-refractivity contribution < 1.29 is 0 Å². The van der Waals surface area contributed by atoms with Crippen molar-refractivity contribution in [3.8, 4) is 11.4 Å². The summed E-state index contributed by atoms with van der Waals surface area (Å²) < 4.78 is 4.62. The first-order valence-corrected chi connectivity index (χ1v) is 19.4. The maximum Gasteiger partial charge on any atom is 0.115 e. The molecule has 0 aliphatic heterocycles. The van der Waals surface area contributed by atoms with E-state index in [1.807, 2.05) is 36.9 Å². The van der Waals surface area contributed by atoms with Crippen LogP contribution in [0.15, 0.2) is 110 Å². The SMILES string of the molecule is CC(C)c1cnc2c3ncccc3n(-c3ccc([Si](C)(C)c4ccc(-n5c6cccnc6c6ncc(C(C)C)cc65)cc4)cc3)c2c1. The Morgan fingerprint density at radius 3 is 1.26 bits per heavy atom. The van der Waals surface area contributed by atoms with Gasteiger partial charge in [-0.25, -0.2) is 0 Å². The number of rotatable bonds is 6. The molecule has 0 aliphatic rings. The van der Waals surface area contributed by atoms with Gasteiger partial charge in [-0.05, 0) is 83.6 Å². The minimum atomic E-state index is -2.00. The zero-order valence-electron chi connectivity index (χ0n) is 27.7. The van der Waals surface area contributed by atoms with Crippen molar-refractivity contribution in [3.63, 3.8) is 0 Å². The van der Waals surface area contributed by atoms with Gasteiger partial charge in [0.1, 0.15) is 30.1 Å². The van der Waals surface area contributed by atoms with Gasteiger partial charge < -0.3 is 9.13 Å².